The van der Waals surface area contributed by atoms with Crippen molar-refractivity contribution in [3.8, 4) is 0 Å². The molecule has 1 aliphatic carbocycles. The standard InChI is InChI=1S/C20H26FN3O3/c1-3-23(16-7-5-4-6-8-16)17(25)13-24-18(26)20(2,22-19(24)27)14-9-11-15(21)12-10-14/h9-12,16H,3-8,13H2,1-2H3,(H,22,27)/t20-/m0/s1. The average molecular weight is 375 g/mol. The molecule has 1 aromatic carbocycles. The van der Waals surface area contributed by atoms with E-state index in [9.17, 15) is 18.8 Å². The Hall–Kier alpha value is -2.44. The number of nitrogens with one attached hydrogen (secondary N) is 1. The Morgan fingerprint density at radius 1 is 1.22 bits per heavy atom. The number of carbonyl (C=O) groups is 3. The van der Waals surface area contributed by atoms with Crippen LogP contribution in [-0.2, 0) is 15.1 Å². The molecule has 1 N–H and O–H groups in total. The van der Waals surface area contributed by atoms with Crippen molar-refractivity contribution in [1.82, 2.24) is 15.1 Å². The first kappa shape index (κ1) is 19.3. The highest BCUT2D eigenvalue weighted by molar-refractivity contribution is 6.09. The molecule has 27 heavy (non-hydrogen) atoms. The molecule has 1 atom stereocenters. The number of benzene rings is 1. The van der Waals surface area contributed by atoms with Crippen molar-refractivity contribution in [2.45, 2.75) is 57.5 Å². The Labute approximate surface area is 158 Å². The number of urea groups is 1. The van der Waals surface area contributed by atoms with Gasteiger partial charge in [-0.25, -0.2) is 9.18 Å². The van der Waals surface area contributed by atoms with E-state index in [2.05, 4.69) is 5.32 Å². The maximum Gasteiger partial charge on any atom is 0.325 e. The van der Waals surface area contributed by atoms with Crippen LogP contribution in [0.4, 0.5) is 9.18 Å². The van der Waals surface area contributed by atoms with Gasteiger partial charge in [-0.05, 0) is 44.4 Å². The summed E-state index contributed by atoms with van der Waals surface area (Å²) in [6, 6.07) is 5.02. The molecule has 0 unspecified atom stereocenters. The first-order chi connectivity index (χ1) is 12.9. The smallest absolute Gasteiger partial charge is 0.325 e. The van der Waals surface area contributed by atoms with E-state index < -0.39 is 23.3 Å². The number of likely N-dealkylation sites (N-methyl/N-ethyl adjacent to an activating group) is 1. The zero-order chi connectivity index (χ0) is 19.6. The minimum atomic E-state index is -1.30. The van der Waals surface area contributed by atoms with E-state index in [0.29, 0.717) is 12.1 Å². The molecule has 1 aliphatic heterocycles. The van der Waals surface area contributed by atoms with E-state index in [1.807, 2.05) is 6.92 Å². The summed E-state index contributed by atoms with van der Waals surface area (Å²) < 4.78 is 13.2. The molecule has 6 nitrogen and oxygen atoms in total. The van der Waals surface area contributed by atoms with Gasteiger partial charge >= 0.3 is 6.03 Å². The molecule has 4 amide bonds. The summed E-state index contributed by atoms with van der Waals surface area (Å²) in [5.74, 6) is -1.12. The number of amides is 4. The first-order valence-electron chi connectivity index (χ1n) is 9.56. The highest BCUT2D eigenvalue weighted by Crippen LogP contribution is 2.29. The van der Waals surface area contributed by atoms with E-state index in [4.69, 9.17) is 0 Å². The number of rotatable bonds is 5. The lowest BCUT2D eigenvalue weighted by Crippen LogP contribution is -2.48. The van der Waals surface area contributed by atoms with Gasteiger partial charge in [0.05, 0.1) is 0 Å². The summed E-state index contributed by atoms with van der Waals surface area (Å²) in [4.78, 5) is 40.9. The molecule has 0 bridgehead atoms. The molecule has 1 heterocycles. The summed E-state index contributed by atoms with van der Waals surface area (Å²) >= 11 is 0. The topological polar surface area (TPSA) is 69.7 Å². The molecule has 0 spiro atoms. The third-order valence-electron chi connectivity index (χ3n) is 5.67. The van der Waals surface area contributed by atoms with Gasteiger partial charge in [-0.3, -0.25) is 14.5 Å². The zero-order valence-corrected chi connectivity index (χ0v) is 15.8. The maximum atomic E-state index is 13.2. The van der Waals surface area contributed by atoms with Gasteiger partial charge in [0.15, 0.2) is 0 Å². The highest BCUT2D eigenvalue weighted by atomic mass is 19.1. The van der Waals surface area contributed by atoms with Crippen molar-refractivity contribution >= 4 is 17.8 Å². The Morgan fingerprint density at radius 3 is 2.44 bits per heavy atom. The molecule has 0 radical (unpaired) electrons. The van der Waals surface area contributed by atoms with E-state index in [0.717, 1.165) is 30.6 Å². The molecule has 3 rings (SSSR count). The van der Waals surface area contributed by atoms with Gasteiger partial charge in [0.2, 0.25) is 5.91 Å². The largest absolute Gasteiger partial charge is 0.338 e. The number of hydrogen-bond donors (Lipinski definition) is 1. The number of halogens is 1. The van der Waals surface area contributed by atoms with Crippen LogP contribution in [0.25, 0.3) is 0 Å². The first-order valence-corrected chi connectivity index (χ1v) is 9.56. The second kappa shape index (κ2) is 7.66. The van der Waals surface area contributed by atoms with Crippen LogP contribution in [0.5, 0.6) is 0 Å². The molecule has 1 aromatic rings. The van der Waals surface area contributed by atoms with Crippen LogP contribution < -0.4 is 5.32 Å². The van der Waals surface area contributed by atoms with E-state index in [1.54, 1.807) is 11.8 Å². The fourth-order valence-corrected chi connectivity index (χ4v) is 4.08. The summed E-state index contributed by atoms with van der Waals surface area (Å²) in [6.07, 6.45) is 5.31. The highest BCUT2D eigenvalue weighted by Gasteiger charge is 2.49. The summed E-state index contributed by atoms with van der Waals surface area (Å²) in [5.41, 5.74) is -0.815. The normalized spacial score (nSPS) is 23.4. The average Bonchev–Trinajstić information content (AvgIpc) is 2.88. The SMILES string of the molecule is CCN(C(=O)CN1C(=O)N[C@@](C)(c2ccc(F)cc2)C1=O)C1CCCCC1. The van der Waals surface area contributed by atoms with Crippen LogP contribution in [0.1, 0.15) is 51.5 Å². The third-order valence-corrected chi connectivity index (χ3v) is 5.67. The van der Waals surface area contributed by atoms with Gasteiger partial charge in [0.25, 0.3) is 5.91 Å². The monoisotopic (exact) mass is 375 g/mol. The molecule has 1 saturated heterocycles. The maximum absolute atomic E-state index is 13.2. The minimum Gasteiger partial charge on any atom is -0.338 e. The van der Waals surface area contributed by atoms with E-state index in [1.165, 1.54) is 30.7 Å². The molecule has 2 aliphatic rings. The van der Waals surface area contributed by atoms with Gasteiger partial charge in [-0.2, -0.15) is 0 Å². The van der Waals surface area contributed by atoms with E-state index in [-0.39, 0.29) is 18.5 Å². The molecular formula is C20H26FN3O3. The molecular weight excluding hydrogens is 349 g/mol. The lowest BCUT2D eigenvalue weighted by molar-refractivity contribution is -0.140. The number of carbonyl (C=O) groups excluding carboxylic acids is 3. The van der Waals surface area contributed by atoms with Crippen molar-refractivity contribution in [3.05, 3.63) is 35.6 Å². The second-order valence-corrected chi connectivity index (χ2v) is 7.42. The van der Waals surface area contributed by atoms with Crippen LogP contribution in [0.15, 0.2) is 24.3 Å². The molecule has 2 fully saturated rings. The fourth-order valence-electron chi connectivity index (χ4n) is 4.08. The number of nitrogens with zero attached hydrogens (tertiary/aromatic N) is 2. The predicted molar refractivity (Wildman–Crippen MR) is 98.3 cm³/mol. The van der Waals surface area contributed by atoms with Crippen LogP contribution >= 0.6 is 0 Å². The Kier molecular flexibility index (Phi) is 5.48. The van der Waals surface area contributed by atoms with Crippen LogP contribution in [-0.4, -0.2) is 46.8 Å². The lowest BCUT2D eigenvalue weighted by Gasteiger charge is -2.34. The quantitative estimate of drug-likeness (QED) is 0.805. The molecule has 146 valence electrons. The van der Waals surface area contributed by atoms with Crippen LogP contribution in [0.3, 0.4) is 0 Å². The van der Waals surface area contributed by atoms with E-state index >= 15 is 0 Å². The van der Waals surface area contributed by atoms with Gasteiger partial charge in [-0.15, -0.1) is 0 Å². The second-order valence-electron chi connectivity index (χ2n) is 7.42. The number of imide groups is 1. The van der Waals surface area contributed by atoms with Gasteiger partial charge in [0, 0.05) is 12.6 Å². The van der Waals surface area contributed by atoms with Crippen molar-refractivity contribution in [3.63, 3.8) is 0 Å². The van der Waals surface area contributed by atoms with Crippen molar-refractivity contribution in [2.75, 3.05) is 13.1 Å². The van der Waals surface area contributed by atoms with Crippen molar-refractivity contribution in [1.29, 1.82) is 0 Å². The Balaban J connectivity index is 1.74. The molecule has 0 aromatic heterocycles. The van der Waals surface area contributed by atoms with Crippen molar-refractivity contribution < 1.29 is 18.8 Å². The van der Waals surface area contributed by atoms with Gasteiger partial charge < -0.3 is 10.2 Å². The molecule has 7 heteroatoms. The summed E-state index contributed by atoms with van der Waals surface area (Å²) in [7, 11) is 0. The Morgan fingerprint density at radius 2 is 1.85 bits per heavy atom. The minimum absolute atomic E-state index is 0.181. The molecule has 1 saturated carbocycles. The Bertz CT molecular complexity index is 730. The lowest BCUT2D eigenvalue weighted by atomic mass is 9.92. The number of hydrogen-bond acceptors (Lipinski definition) is 3. The third kappa shape index (κ3) is 3.68. The summed E-state index contributed by atoms with van der Waals surface area (Å²) in [5, 5.41) is 2.65. The van der Waals surface area contributed by atoms with Gasteiger partial charge in [-0.1, -0.05) is 31.4 Å². The predicted octanol–water partition coefficient (Wildman–Crippen LogP) is 2.77. The zero-order valence-electron chi connectivity index (χ0n) is 15.8. The summed E-state index contributed by atoms with van der Waals surface area (Å²) in [6.45, 7) is 3.78. The van der Waals surface area contributed by atoms with Crippen LogP contribution in [0, 0.1) is 5.82 Å². The van der Waals surface area contributed by atoms with Gasteiger partial charge in [0.1, 0.15) is 17.9 Å². The van der Waals surface area contributed by atoms with Crippen molar-refractivity contribution in [2.24, 2.45) is 0 Å². The van der Waals surface area contributed by atoms with Crippen LogP contribution in [0.2, 0.25) is 0 Å². The fraction of sp³-hybridized carbons (Fsp3) is 0.550.